The lowest BCUT2D eigenvalue weighted by Crippen LogP contribution is -2.42. The molecule has 0 aromatic heterocycles. The van der Waals surface area contributed by atoms with Gasteiger partial charge in [0, 0.05) is 6.04 Å². The summed E-state index contributed by atoms with van der Waals surface area (Å²) in [6, 6.07) is 7.00. The molecule has 3 rings (SSSR count). The summed E-state index contributed by atoms with van der Waals surface area (Å²) in [4.78, 5) is 0. The number of fused-ring (bicyclic) bond motifs is 4. The van der Waals surface area contributed by atoms with Crippen molar-refractivity contribution in [1.82, 2.24) is 0 Å². The molecule has 0 saturated heterocycles. The molecule has 2 bridgehead atoms. The molecule has 1 saturated carbocycles. The van der Waals surface area contributed by atoms with E-state index in [1.165, 1.54) is 49.7 Å². The van der Waals surface area contributed by atoms with Crippen LogP contribution >= 0.6 is 0 Å². The Morgan fingerprint density at radius 1 is 1.21 bits per heavy atom. The van der Waals surface area contributed by atoms with Crippen molar-refractivity contribution in [3.63, 3.8) is 0 Å². The molecule has 2 N–H and O–H groups in total. The Kier molecular flexibility index (Phi) is 3.79. The van der Waals surface area contributed by atoms with Gasteiger partial charge in [0.1, 0.15) is 5.75 Å². The zero-order valence-electron chi connectivity index (χ0n) is 11.9. The van der Waals surface area contributed by atoms with Gasteiger partial charge in [-0.3, -0.25) is 0 Å². The molecule has 0 amide bonds. The predicted octanol–water partition coefficient (Wildman–Crippen LogP) is 3.63. The van der Waals surface area contributed by atoms with Crippen LogP contribution in [0.2, 0.25) is 0 Å². The van der Waals surface area contributed by atoms with Crippen molar-refractivity contribution in [1.29, 1.82) is 0 Å². The van der Waals surface area contributed by atoms with Crippen LogP contribution in [0.25, 0.3) is 0 Å². The number of hydrogen-bond acceptors (Lipinski definition) is 2. The Labute approximate surface area is 116 Å². The third kappa shape index (κ3) is 2.51. The van der Waals surface area contributed by atoms with Gasteiger partial charge in [-0.15, -0.1) is 0 Å². The van der Waals surface area contributed by atoms with E-state index in [0.717, 1.165) is 12.4 Å². The largest absolute Gasteiger partial charge is 0.494 e. The molecule has 0 aliphatic heterocycles. The van der Waals surface area contributed by atoms with Gasteiger partial charge in [0.2, 0.25) is 0 Å². The van der Waals surface area contributed by atoms with Crippen molar-refractivity contribution in [2.75, 3.05) is 6.61 Å². The van der Waals surface area contributed by atoms with Gasteiger partial charge in [-0.25, -0.2) is 0 Å². The normalized spacial score (nSPS) is 30.1. The van der Waals surface area contributed by atoms with Crippen molar-refractivity contribution in [3.05, 3.63) is 29.3 Å². The second-order valence-electron chi connectivity index (χ2n) is 6.08. The van der Waals surface area contributed by atoms with Crippen LogP contribution in [-0.2, 0) is 6.42 Å². The topological polar surface area (TPSA) is 35.2 Å². The number of ether oxygens (including phenoxy) is 1. The second-order valence-corrected chi connectivity index (χ2v) is 6.08. The SMILES string of the molecule is CCOc1ccc2c(c1)[C@H]1CCCCC[C@@H](C2)[C@@H]1N. The van der Waals surface area contributed by atoms with Crippen LogP contribution in [0.4, 0.5) is 0 Å². The van der Waals surface area contributed by atoms with E-state index in [1.54, 1.807) is 0 Å². The summed E-state index contributed by atoms with van der Waals surface area (Å²) >= 11 is 0. The minimum absolute atomic E-state index is 0.352. The lowest BCUT2D eigenvalue weighted by molar-refractivity contribution is 0.276. The second kappa shape index (κ2) is 5.54. The van der Waals surface area contributed by atoms with Crippen molar-refractivity contribution in [3.8, 4) is 5.75 Å². The molecule has 2 heteroatoms. The van der Waals surface area contributed by atoms with Crippen molar-refractivity contribution < 1.29 is 4.74 Å². The number of rotatable bonds is 2. The monoisotopic (exact) mass is 259 g/mol. The van der Waals surface area contributed by atoms with E-state index < -0.39 is 0 Å². The van der Waals surface area contributed by atoms with Crippen LogP contribution in [0.1, 0.15) is 56.1 Å². The zero-order valence-corrected chi connectivity index (χ0v) is 11.9. The van der Waals surface area contributed by atoms with Crippen molar-refractivity contribution >= 4 is 0 Å². The van der Waals surface area contributed by atoms with Gasteiger partial charge in [-0.2, -0.15) is 0 Å². The Bertz CT molecular complexity index is 443. The van der Waals surface area contributed by atoms with Crippen LogP contribution < -0.4 is 10.5 Å². The van der Waals surface area contributed by atoms with E-state index in [0.29, 0.717) is 17.9 Å². The molecule has 104 valence electrons. The number of hydrogen-bond donors (Lipinski definition) is 1. The maximum atomic E-state index is 6.55. The first-order valence-electron chi connectivity index (χ1n) is 7.80. The van der Waals surface area contributed by atoms with Gasteiger partial charge in [0.15, 0.2) is 0 Å². The lowest BCUT2D eigenvalue weighted by atomic mass is 9.68. The highest BCUT2D eigenvalue weighted by Crippen LogP contribution is 2.42. The van der Waals surface area contributed by atoms with Crippen LogP contribution in [0.15, 0.2) is 18.2 Å². The first-order chi connectivity index (χ1) is 9.29. The van der Waals surface area contributed by atoms with Gasteiger partial charge in [-0.1, -0.05) is 25.3 Å². The van der Waals surface area contributed by atoms with Crippen LogP contribution in [0, 0.1) is 5.92 Å². The minimum Gasteiger partial charge on any atom is -0.494 e. The fourth-order valence-electron chi connectivity index (χ4n) is 3.90. The third-order valence-corrected chi connectivity index (χ3v) is 4.91. The van der Waals surface area contributed by atoms with E-state index in [1.807, 2.05) is 6.92 Å². The summed E-state index contributed by atoms with van der Waals surface area (Å²) in [5.74, 6) is 2.25. The number of benzene rings is 1. The smallest absolute Gasteiger partial charge is 0.119 e. The fraction of sp³-hybridized carbons (Fsp3) is 0.647. The molecule has 2 nitrogen and oxygen atoms in total. The Morgan fingerprint density at radius 3 is 2.89 bits per heavy atom. The molecular weight excluding hydrogens is 234 g/mol. The van der Waals surface area contributed by atoms with Gasteiger partial charge < -0.3 is 10.5 Å². The highest BCUT2D eigenvalue weighted by Gasteiger charge is 2.34. The molecule has 0 spiro atoms. The molecule has 1 aromatic carbocycles. The van der Waals surface area contributed by atoms with Gasteiger partial charge in [0.05, 0.1) is 6.61 Å². The average molecular weight is 259 g/mol. The Hall–Kier alpha value is -1.02. The molecule has 19 heavy (non-hydrogen) atoms. The summed E-state index contributed by atoms with van der Waals surface area (Å²) in [5.41, 5.74) is 9.54. The maximum Gasteiger partial charge on any atom is 0.119 e. The summed E-state index contributed by atoms with van der Waals surface area (Å²) in [5, 5.41) is 0. The van der Waals surface area contributed by atoms with E-state index in [2.05, 4.69) is 18.2 Å². The van der Waals surface area contributed by atoms with Crippen molar-refractivity contribution in [2.45, 2.75) is 57.4 Å². The van der Waals surface area contributed by atoms with Crippen LogP contribution in [0.5, 0.6) is 5.75 Å². The zero-order chi connectivity index (χ0) is 13.2. The van der Waals surface area contributed by atoms with Gasteiger partial charge in [0.25, 0.3) is 0 Å². The highest BCUT2D eigenvalue weighted by atomic mass is 16.5. The number of nitrogens with two attached hydrogens (primary N) is 1. The lowest BCUT2D eigenvalue weighted by Gasteiger charge is -2.39. The van der Waals surface area contributed by atoms with E-state index >= 15 is 0 Å². The highest BCUT2D eigenvalue weighted by molar-refractivity contribution is 5.41. The van der Waals surface area contributed by atoms with E-state index in [4.69, 9.17) is 10.5 Å². The minimum atomic E-state index is 0.352. The molecule has 1 aromatic rings. The first-order valence-corrected chi connectivity index (χ1v) is 7.80. The molecule has 0 unspecified atom stereocenters. The van der Waals surface area contributed by atoms with Crippen LogP contribution in [-0.4, -0.2) is 12.6 Å². The Morgan fingerprint density at radius 2 is 2.05 bits per heavy atom. The molecular formula is C17H25NO. The summed E-state index contributed by atoms with van der Waals surface area (Å²) < 4.78 is 5.66. The summed E-state index contributed by atoms with van der Waals surface area (Å²) in [6.07, 6.45) is 7.78. The molecule has 0 radical (unpaired) electrons. The van der Waals surface area contributed by atoms with Crippen molar-refractivity contribution in [2.24, 2.45) is 11.7 Å². The standard InChI is InChI=1S/C17H25NO/c1-2-19-14-9-8-12-10-13-6-4-3-5-7-15(17(13)18)16(12)11-14/h8-9,11,13,15,17H,2-7,10,18H2,1H3/t13-,15+,17-/m0/s1. The summed E-state index contributed by atoms with van der Waals surface area (Å²) in [7, 11) is 0. The molecule has 0 heterocycles. The predicted molar refractivity (Wildman–Crippen MR) is 78.6 cm³/mol. The maximum absolute atomic E-state index is 6.55. The molecule has 1 fully saturated rings. The average Bonchev–Trinajstić information content (AvgIpc) is 2.41. The first kappa shape index (κ1) is 13.0. The quantitative estimate of drug-likeness (QED) is 0.880. The molecule has 3 atom stereocenters. The van der Waals surface area contributed by atoms with E-state index in [-0.39, 0.29) is 0 Å². The van der Waals surface area contributed by atoms with Gasteiger partial charge in [-0.05, 0) is 61.3 Å². The summed E-state index contributed by atoms with van der Waals surface area (Å²) in [6.45, 7) is 2.77. The Balaban J connectivity index is 1.95. The van der Waals surface area contributed by atoms with E-state index in [9.17, 15) is 0 Å². The third-order valence-electron chi connectivity index (χ3n) is 4.91. The fourth-order valence-corrected chi connectivity index (χ4v) is 3.90. The molecule has 2 aliphatic rings. The van der Waals surface area contributed by atoms with Crippen LogP contribution in [0.3, 0.4) is 0 Å². The van der Waals surface area contributed by atoms with Gasteiger partial charge >= 0.3 is 0 Å². The molecule has 2 aliphatic carbocycles.